The normalized spacial score (nSPS) is 14.1. The van der Waals surface area contributed by atoms with Crippen LogP contribution in [0.3, 0.4) is 0 Å². The molecule has 16 aromatic carbocycles. The molecule has 96 heavy (non-hydrogen) atoms. The standard InChI is InChI=1S/C94H66N2/c1-93(2)89-41-18-16-38-85(89)87-40-22-39-81(92(87)93)64-49-53-77(54-50-64)96(75-31-10-5-11-32-75)79-55-56-86-84-37-17-19-42-90(84)94(91(86)62-79,72-26-6-3-7-27-72)73-28-20-24-65(59-73)66-25-21-33-78(60-66)95(74-29-8-4-9-30-74)76-51-47-63(48-52-76)67-43-44-69-58-71(46-45-68(69)57-67)88-61-70-23-12-13-34-80(70)82-35-14-15-36-83(82)88/h3-62H,1-2H3. The van der Waals surface area contributed by atoms with E-state index in [2.05, 4.69) is 388 Å². The minimum Gasteiger partial charge on any atom is -0.310 e. The minimum atomic E-state index is -0.667. The Kier molecular flexibility index (Phi) is 13.5. The molecule has 0 fully saturated rings. The molecule has 16 aromatic rings. The van der Waals surface area contributed by atoms with Crippen molar-refractivity contribution in [3.8, 4) is 66.8 Å². The zero-order valence-corrected chi connectivity index (χ0v) is 53.5. The second-order valence-corrected chi connectivity index (χ2v) is 26.3. The molecule has 0 bridgehead atoms. The highest BCUT2D eigenvalue weighted by molar-refractivity contribution is 6.14. The lowest BCUT2D eigenvalue weighted by Crippen LogP contribution is -2.29. The van der Waals surface area contributed by atoms with Crippen LogP contribution in [0.4, 0.5) is 34.1 Å². The molecule has 0 saturated heterocycles. The van der Waals surface area contributed by atoms with Crippen molar-refractivity contribution in [2.45, 2.75) is 24.7 Å². The molecule has 2 heteroatoms. The summed E-state index contributed by atoms with van der Waals surface area (Å²) >= 11 is 0. The number of nitrogens with zero attached hydrogens (tertiary/aromatic N) is 2. The Morgan fingerprint density at radius 3 is 1.36 bits per heavy atom. The van der Waals surface area contributed by atoms with Gasteiger partial charge in [-0.3, -0.25) is 0 Å². The highest BCUT2D eigenvalue weighted by atomic mass is 15.1. The highest BCUT2D eigenvalue weighted by Crippen LogP contribution is 2.58. The van der Waals surface area contributed by atoms with Crippen LogP contribution in [0, 0.1) is 0 Å². The average Bonchev–Trinajstić information content (AvgIpc) is 1.52. The van der Waals surface area contributed by atoms with E-state index in [-0.39, 0.29) is 5.41 Å². The van der Waals surface area contributed by atoms with Crippen LogP contribution in [0.25, 0.3) is 99.1 Å². The Morgan fingerprint density at radius 2 is 0.656 bits per heavy atom. The number of para-hydroxylation sites is 2. The van der Waals surface area contributed by atoms with Gasteiger partial charge in [0.15, 0.2) is 0 Å². The molecule has 1 atom stereocenters. The fourth-order valence-corrected chi connectivity index (χ4v) is 16.3. The number of rotatable bonds is 12. The zero-order chi connectivity index (χ0) is 63.9. The Morgan fingerprint density at radius 1 is 0.208 bits per heavy atom. The third kappa shape index (κ3) is 9.24. The van der Waals surface area contributed by atoms with Gasteiger partial charge in [0.05, 0.1) is 5.41 Å². The monoisotopic (exact) mass is 1220 g/mol. The van der Waals surface area contributed by atoms with Crippen LogP contribution in [0.1, 0.15) is 47.2 Å². The van der Waals surface area contributed by atoms with Gasteiger partial charge in [-0.1, -0.05) is 281 Å². The molecule has 2 nitrogen and oxygen atoms in total. The van der Waals surface area contributed by atoms with Crippen LogP contribution in [-0.4, -0.2) is 0 Å². The lowest BCUT2D eigenvalue weighted by molar-refractivity contribution is 0.662. The SMILES string of the molecule is CC1(C)c2ccccc2-c2cccc(-c3ccc(N(c4ccccc4)c4ccc5c(c4)C(c4ccccc4)(c4cccc(-c6cccc(N(c7ccccc7)c7ccc(-c8ccc9cc(-c%10cc%11ccccc%11c%11ccccc%10%11)ccc9c8)cc7)c6)c4)c4ccccc4-5)cc3)c21. The third-order valence-electron chi connectivity index (χ3n) is 20.7. The van der Waals surface area contributed by atoms with Gasteiger partial charge in [-0.15, -0.1) is 0 Å². The van der Waals surface area contributed by atoms with E-state index >= 15 is 0 Å². The van der Waals surface area contributed by atoms with Gasteiger partial charge < -0.3 is 9.80 Å². The van der Waals surface area contributed by atoms with Crippen molar-refractivity contribution in [1.29, 1.82) is 0 Å². The average molecular weight is 1220 g/mol. The van der Waals surface area contributed by atoms with Gasteiger partial charge in [0.1, 0.15) is 0 Å². The summed E-state index contributed by atoms with van der Waals surface area (Å²) in [5.74, 6) is 0. The van der Waals surface area contributed by atoms with E-state index in [1.807, 2.05) is 0 Å². The number of fused-ring (bicyclic) bond motifs is 10. The fourth-order valence-electron chi connectivity index (χ4n) is 16.3. The highest BCUT2D eigenvalue weighted by Gasteiger charge is 2.47. The quantitative estimate of drug-likeness (QED) is 0.113. The van der Waals surface area contributed by atoms with Crippen molar-refractivity contribution in [2.24, 2.45) is 0 Å². The zero-order valence-electron chi connectivity index (χ0n) is 53.5. The molecular weight excluding hydrogens is 1160 g/mol. The van der Waals surface area contributed by atoms with E-state index in [9.17, 15) is 0 Å². The molecule has 1 unspecified atom stereocenters. The summed E-state index contributed by atoms with van der Waals surface area (Å²) in [6.45, 7) is 4.75. The van der Waals surface area contributed by atoms with E-state index in [4.69, 9.17) is 0 Å². The number of hydrogen-bond donors (Lipinski definition) is 0. The maximum atomic E-state index is 2.48. The third-order valence-corrected chi connectivity index (χ3v) is 20.7. The molecule has 0 amide bonds. The topological polar surface area (TPSA) is 6.48 Å². The molecule has 0 heterocycles. The molecule has 0 aromatic heterocycles. The summed E-state index contributed by atoms with van der Waals surface area (Å²) in [5.41, 5.74) is 28.2. The lowest BCUT2D eigenvalue weighted by atomic mass is 9.67. The molecule has 0 saturated carbocycles. The van der Waals surface area contributed by atoms with Crippen molar-refractivity contribution >= 4 is 66.4 Å². The van der Waals surface area contributed by atoms with Crippen LogP contribution in [0.5, 0.6) is 0 Å². The van der Waals surface area contributed by atoms with Crippen molar-refractivity contribution in [2.75, 3.05) is 9.80 Å². The first-order chi connectivity index (χ1) is 47.3. The first kappa shape index (κ1) is 56.6. The summed E-state index contributed by atoms with van der Waals surface area (Å²) in [4.78, 5) is 4.81. The molecule has 2 aliphatic carbocycles. The molecular formula is C94H66N2. The van der Waals surface area contributed by atoms with Gasteiger partial charge in [0.25, 0.3) is 0 Å². The maximum absolute atomic E-state index is 2.48. The molecule has 452 valence electrons. The Bertz CT molecular complexity index is 5670. The largest absolute Gasteiger partial charge is 0.310 e. The van der Waals surface area contributed by atoms with Gasteiger partial charge in [-0.05, 0) is 230 Å². The smallest absolute Gasteiger partial charge is 0.0714 e. The van der Waals surface area contributed by atoms with E-state index in [0.29, 0.717) is 0 Å². The van der Waals surface area contributed by atoms with Crippen LogP contribution >= 0.6 is 0 Å². The first-order valence-corrected chi connectivity index (χ1v) is 33.5. The van der Waals surface area contributed by atoms with E-state index in [1.165, 1.54) is 121 Å². The van der Waals surface area contributed by atoms with Crippen molar-refractivity contribution in [1.82, 2.24) is 0 Å². The summed E-state index contributed by atoms with van der Waals surface area (Å²) in [6.07, 6.45) is 0. The Balaban J connectivity index is 0.701. The van der Waals surface area contributed by atoms with Gasteiger partial charge in [0.2, 0.25) is 0 Å². The van der Waals surface area contributed by atoms with E-state index < -0.39 is 5.41 Å². The van der Waals surface area contributed by atoms with E-state index in [1.54, 1.807) is 0 Å². The van der Waals surface area contributed by atoms with Crippen LogP contribution in [0.2, 0.25) is 0 Å². The van der Waals surface area contributed by atoms with Crippen molar-refractivity contribution in [3.05, 3.63) is 397 Å². The molecule has 18 rings (SSSR count). The maximum Gasteiger partial charge on any atom is 0.0714 e. The Labute approximate surface area is 561 Å². The van der Waals surface area contributed by atoms with Gasteiger partial charge in [0, 0.05) is 39.5 Å². The summed E-state index contributed by atoms with van der Waals surface area (Å²) in [6, 6.07) is 135. The predicted octanol–water partition coefficient (Wildman–Crippen LogP) is 25.4. The van der Waals surface area contributed by atoms with Gasteiger partial charge in [-0.2, -0.15) is 0 Å². The second kappa shape index (κ2) is 22.9. The fraction of sp³-hybridized carbons (Fsp3) is 0.0426. The van der Waals surface area contributed by atoms with Crippen molar-refractivity contribution < 1.29 is 0 Å². The van der Waals surface area contributed by atoms with E-state index in [0.717, 1.165) is 45.3 Å². The minimum absolute atomic E-state index is 0.128. The van der Waals surface area contributed by atoms with Crippen LogP contribution in [-0.2, 0) is 10.8 Å². The molecule has 0 radical (unpaired) electrons. The first-order valence-electron chi connectivity index (χ1n) is 33.5. The van der Waals surface area contributed by atoms with Gasteiger partial charge >= 0.3 is 0 Å². The van der Waals surface area contributed by atoms with Gasteiger partial charge in [-0.25, -0.2) is 0 Å². The summed E-state index contributed by atoms with van der Waals surface area (Å²) < 4.78 is 0. The molecule has 0 N–H and O–H groups in total. The van der Waals surface area contributed by atoms with Crippen LogP contribution in [0.15, 0.2) is 364 Å². The van der Waals surface area contributed by atoms with Crippen molar-refractivity contribution in [3.63, 3.8) is 0 Å². The summed E-state index contributed by atoms with van der Waals surface area (Å²) in [7, 11) is 0. The lowest BCUT2D eigenvalue weighted by Gasteiger charge is -2.35. The molecule has 0 spiro atoms. The Hall–Kier alpha value is -12.1. The second-order valence-electron chi connectivity index (χ2n) is 26.3. The molecule has 0 aliphatic heterocycles. The number of benzene rings is 16. The summed E-state index contributed by atoms with van der Waals surface area (Å²) in [5, 5.41) is 7.54. The molecule has 2 aliphatic rings. The van der Waals surface area contributed by atoms with Crippen LogP contribution < -0.4 is 9.80 Å². The number of hydrogen-bond acceptors (Lipinski definition) is 2. The number of anilines is 6. The predicted molar refractivity (Wildman–Crippen MR) is 405 cm³/mol.